The predicted molar refractivity (Wildman–Crippen MR) is 75.1 cm³/mol. The summed E-state index contributed by atoms with van der Waals surface area (Å²) in [5.41, 5.74) is 0.668. The summed E-state index contributed by atoms with van der Waals surface area (Å²) in [5.74, 6) is 3.08. The van der Waals surface area contributed by atoms with Gasteiger partial charge in [0.1, 0.15) is 0 Å². The van der Waals surface area contributed by atoms with Gasteiger partial charge in [0.25, 0.3) is 0 Å². The van der Waals surface area contributed by atoms with E-state index in [9.17, 15) is 0 Å². The maximum Gasteiger partial charge on any atom is 0.00132 e. The highest BCUT2D eigenvalue weighted by Crippen LogP contribution is 2.60. The molecule has 100 valence electrons. The second-order valence-electron chi connectivity index (χ2n) is 6.50. The third-order valence-electron chi connectivity index (χ3n) is 5.70. The highest BCUT2D eigenvalue weighted by Gasteiger charge is 2.53. The maximum absolute atomic E-state index is 3.75. The molecule has 0 spiro atoms. The molecule has 1 N–H and O–H groups in total. The van der Waals surface area contributed by atoms with Crippen LogP contribution in [0.2, 0.25) is 0 Å². The van der Waals surface area contributed by atoms with Gasteiger partial charge < -0.3 is 5.32 Å². The summed E-state index contributed by atoms with van der Waals surface area (Å²) in [6.07, 6.45) is 10.2. The number of hydrogen-bond donors (Lipinski definition) is 1. The van der Waals surface area contributed by atoms with Crippen LogP contribution in [0.3, 0.4) is 0 Å². The molecule has 0 saturated heterocycles. The van der Waals surface area contributed by atoms with E-state index in [2.05, 4.69) is 26.1 Å². The molecule has 0 aromatic rings. The lowest BCUT2D eigenvalue weighted by atomic mass is 9.63. The lowest BCUT2D eigenvalue weighted by molar-refractivity contribution is 0.0668. The Bertz CT molecular complexity index is 234. The van der Waals surface area contributed by atoms with Crippen LogP contribution in [-0.2, 0) is 0 Å². The van der Waals surface area contributed by atoms with E-state index in [1.54, 1.807) is 6.42 Å². The fourth-order valence-corrected chi connectivity index (χ4v) is 4.95. The van der Waals surface area contributed by atoms with Crippen LogP contribution < -0.4 is 5.32 Å². The van der Waals surface area contributed by atoms with Crippen molar-refractivity contribution in [2.75, 3.05) is 13.1 Å². The average Bonchev–Trinajstić information content (AvgIpc) is 2.92. The van der Waals surface area contributed by atoms with E-state index in [0.717, 1.165) is 17.8 Å². The minimum Gasteiger partial charge on any atom is -0.316 e. The molecule has 0 aromatic carbocycles. The Morgan fingerprint density at radius 1 is 1.18 bits per heavy atom. The molecule has 2 aliphatic rings. The Morgan fingerprint density at radius 2 is 1.94 bits per heavy atom. The molecule has 0 heterocycles. The van der Waals surface area contributed by atoms with Crippen LogP contribution in [0.15, 0.2) is 0 Å². The molecule has 3 atom stereocenters. The number of hydrogen-bond acceptors (Lipinski definition) is 1. The molecule has 17 heavy (non-hydrogen) atoms. The van der Waals surface area contributed by atoms with E-state index in [0.29, 0.717) is 5.41 Å². The average molecular weight is 237 g/mol. The maximum atomic E-state index is 3.75. The summed E-state index contributed by atoms with van der Waals surface area (Å²) in [6.45, 7) is 9.59. The zero-order valence-electron chi connectivity index (χ0n) is 12.1. The zero-order valence-corrected chi connectivity index (χ0v) is 12.1. The Morgan fingerprint density at radius 3 is 2.41 bits per heavy atom. The standard InChI is InChI=1S/C16H31N/c1-4-9-17-12-16(14(5-2)6-3)11-13-7-8-15(16)10-13/h13-15,17H,4-12H2,1-3H3. The van der Waals surface area contributed by atoms with Gasteiger partial charge in [-0.2, -0.15) is 0 Å². The fourth-order valence-electron chi connectivity index (χ4n) is 4.95. The van der Waals surface area contributed by atoms with Gasteiger partial charge in [0.05, 0.1) is 0 Å². The van der Waals surface area contributed by atoms with Crippen molar-refractivity contribution in [3.05, 3.63) is 0 Å². The van der Waals surface area contributed by atoms with E-state index < -0.39 is 0 Å². The van der Waals surface area contributed by atoms with Gasteiger partial charge in [-0.25, -0.2) is 0 Å². The van der Waals surface area contributed by atoms with Gasteiger partial charge >= 0.3 is 0 Å². The van der Waals surface area contributed by atoms with Crippen molar-refractivity contribution in [1.29, 1.82) is 0 Å². The molecule has 1 heteroatoms. The molecule has 0 amide bonds. The minimum absolute atomic E-state index is 0.668. The molecule has 2 bridgehead atoms. The lowest BCUT2D eigenvalue weighted by Crippen LogP contribution is -2.44. The highest BCUT2D eigenvalue weighted by molar-refractivity contribution is 5.04. The van der Waals surface area contributed by atoms with Crippen molar-refractivity contribution >= 4 is 0 Å². The third-order valence-corrected chi connectivity index (χ3v) is 5.70. The van der Waals surface area contributed by atoms with Crippen molar-refractivity contribution in [2.24, 2.45) is 23.2 Å². The van der Waals surface area contributed by atoms with E-state index in [-0.39, 0.29) is 0 Å². The second kappa shape index (κ2) is 5.73. The summed E-state index contributed by atoms with van der Waals surface area (Å²) in [7, 11) is 0. The van der Waals surface area contributed by atoms with E-state index >= 15 is 0 Å². The van der Waals surface area contributed by atoms with Crippen LogP contribution in [0.1, 0.15) is 65.7 Å². The second-order valence-corrected chi connectivity index (χ2v) is 6.50. The first-order valence-corrected chi connectivity index (χ1v) is 7.97. The third kappa shape index (κ3) is 2.41. The normalized spacial score (nSPS) is 36.0. The fraction of sp³-hybridized carbons (Fsp3) is 1.00. The van der Waals surface area contributed by atoms with Crippen LogP contribution >= 0.6 is 0 Å². The molecule has 2 aliphatic carbocycles. The summed E-state index contributed by atoms with van der Waals surface area (Å²) in [5, 5.41) is 3.75. The number of nitrogens with one attached hydrogen (secondary N) is 1. The lowest BCUT2D eigenvalue weighted by Gasteiger charge is -2.44. The van der Waals surface area contributed by atoms with E-state index in [1.165, 1.54) is 51.6 Å². The van der Waals surface area contributed by atoms with Gasteiger partial charge in [0.2, 0.25) is 0 Å². The molecular weight excluding hydrogens is 206 g/mol. The van der Waals surface area contributed by atoms with Gasteiger partial charge in [-0.15, -0.1) is 0 Å². The largest absolute Gasteiger partial charge is 0.316 e. The Labute approximate surface area is 108 Å². The first-order chi connectivity index (χ1) is 8.26. The molecular formula is C16H31N. The highest BCUT2D eigenvalue weighted by atomic mass is 14.9. The monoisotopic (exact) mass is 237 g/mol. The van der Waals surface area contributed by atoms with Gasteiger partial charge in [0, 0.05) is 6.54 Å². The summed E-state index contributed by atoms with van der Waals surface area (Å²) in [6, 6.07) is 0. The molecule has 2 fully saturated rings. The van der Waals surface area contributed by atoms with E-state index in [4.69, 9.17) is 0 Å². The summed E-state index contributed by atoms with van der Waals surface area (Å²) in [4.78, 5) is 0. The van der Waals surface area contributed by atoms with Crippen LogP contribution in [-0.4, -0.2) is 13.1 Å². The predicted octanol–water partition coefficient (Wildman–Crippen LogP) is 4.23. The molecule has 3 unspecified atom stereocenters. The van der Waals surface area contributed by atoms with Crippen molar-refractivity contribution in [3.63, 3.8) is 0 Å². The summed E-state index contributed by atoms with van der Waals surface area (Å²) >= 11 is 0. The van der Waals surface area contributed by atoms with Crippen molar-refractivity contribution in [2.45, 2.75) is 65.7 Å². The molecule has 0 radical (unpaired) electrons. The molecule has 0 aliphatic heterocycles. The van der Waals surface area contributed by atoms with Crippen LogP contribution in [0.5, 0.6) is 0 Å². The van der Waals surface area contributed by atoms with E-state index in [1.807, 2.05) is 0 Å². The quantitative estimate of drug-likeness (QED) is 0.653. The van der Waals surface area contributed by atoms with Crippen molar-refractivity contribution in [3.8, 4) is 0 Å². The van der Waals surface area contributed by atoms with Gasteiger partial charge in [-0.05, 0) is 55.4 Å². The Hall–Kier alpha value is -0.0400. The molecule has 2 rings (SSSR count). The molecule has 2 saturated carbocycles. The van der Waals surface area contributed by atoms with Crippen LogP contribution in [0, 0.1) is 23.2 Å². The smallest absolute Gasteiger partial charge is 0.00132 e. The number of rotatable bonds is 7. The zero-order chi connectivity index (χ0) is 12.3. The SMILES string of the molecule is CCCNCC1(C(CC)CC)CC2CCC1C2. The van der Waals surface area contributed by atoms with Gasteiger partial charge in [-0.3, -0.25) is 0 Å². The van der Waals surface area contributed by atoms with Crippen LogP contribution in [0.4, 0.5) is 0 Å². The topological polar surface area (TPSA) is 12.0 Å². The molecule has 1 nitrogen and oxygen atoms in total. The minimum atomic E-state index is 0.668. The van der Waals surface area contributed by atoms with Gasteiger partial charge in [-0.1, -0.05) is 40.0 Å². The molecule has 0 aromatic heterocycles. The van der Waals surface area contributed by atoms with Crippen molar-refractivity contribution < 1.29 is 0 Å². The Kier molecular flexibility index (Phi) is 4.52. The Balaban J connectivity index is 2.06. The summed E-state index contributed by atoms with van der Waals surface area (Å²) < 4.78 is 0. The number of fused-ring (bicyclic) bond motifs is 2. The van der Waals surface area contributed by atoms with Gasteiger partial charge in [0.15, 0.2) is 0 Å². The van der Waals surface area contributed by atoms with Crippen LogP contribution in [0.25, 0.3) is 0 Å². The first-order valence-electron chi connectivity index (χ1n) is 7.97. The van der Waals surface area contributed by atoms with Crippen molar-refractivity contribution in [1.82, 2.24) is 5.32 Å². The first kappa shape index (κ1) is 13.4.